The van der Waals surface area contributed by atoms with Crippen molar-refractivity contribution in [3.8, 4) is 0 Å². The summed E-state index contributed by atoms with van der Waals surface area (Å²) in [6, 6.07) is 4.90. The highest BCUT2D eigenvalue weighted by Gasteiger charge is 2.38. The minimum atomic E-state index is -1.71. The summed E-state index contributed by atoms with van der Waals surface area (Å²) in [5.41, 5.74) is -1.43. The van der Waals surface area contributed by atoms with E-state index in [9.17, 15) is 19.1 Å². The zero-order valence-corrected chi connectivity index (χ0v) is 12.1. The molecule has 1 aromatic heterocycles. The van der Waals surface area contributed by atoms with Gasteiger partial charge in [-0.1, -0.05) is 19.1 Å². The largest absolute Gasteiger partial charge is 0.479 e. The van der Waals surface area contributed by atoms with Crippen molar-refractivity contribution in [2.45, 2.75) is 25.8 Å². The Bertz CT molecular complexity index is 696. The summed E-state index contributed by atoms with van der Waals surface area (Å²) in [7, 11) is 0. The van der Waals surface area contributed by atoms with Gasteiger partial charge in [0.05, 0.1) is 0 Å². The van der Waals surface area contributed by atoms with Crippen LogP contribution in [0.1, 0.15) is 35.7 Å². The van der Waals surface area contributed by atoms with Gasteiger partial charge in [0, 0.05) is 6.42 Å². The summed E-state index contributed by atoms with van der Waals surface area (Å²) in [6.45, 7) is 3.11. The highest BCUT2D eigenvalue weighted by molar-refractivity contribution is 5.97. The van der Waals surface area contributed by atoms with Crippen LogP contribution >= 0.6 is 0 Å². The summed E-state index contributed by atoms with van der Waals surface area (Å²) in [5.74, 6) is -2.06. The lowest BCUT2D eigenvalue weighted by atomic mass is 9.91. The Morgan fingerprint density at radius 2 is 2.00 bits per heavy atom. The van der Waals surface area contributed by atoms with Gasteiger partial charge in [0.15, 0.2) is 17.6 Å². The molecular weight excluding hydrogens is 291 g/mol. The second kappa shape index (κ2) is 5.97. The maximum Gasteiger partial charge on any atom is 0.333 e. The highest BCUT2D eigenvalue weighted by atomic mass is 19.1. The van der Waals surface area contributed by atoms with Gasteiger partial charge in [-0.25, -0.2) is 14.2 Å². The molecule has 2 rings (SSSR count). The van der Waals surface area contributed by atoms with E-state index in [0.717, 1.165) is 18.5 Å². The van der Waals surface area contributed by atoms with Crippen molar-refractivity contribution < 1.29 is 23.5 Å². The number of aryl methyl sites for hydroxylation is 1. The molecule has 22 heavy (non-hydrogen) atoms. The van der Waals surface area contributed by atoms with E-state index in [-0.39, 0.29) is 11.3 Å². The molecule has 0 fully saturated rings. The molecule has 1 amide bonds. The molecule has 1 heterocycles. The van der Waals surface area contributed by atoms with Crippen LogP contribution in [0.5, 0.6) is 0 Å². The average molecular weight is 306 g/mol. The lowest BCUT2D eigenvalue weighted by Gasteiger charge is -2.26. The van der Waals surface area contributed by atoms with Gasteiger partial charge < -0.3 is 14.8 Å². The third-order valence-electron chi connectivity index (χ3n) is 3.39. The molecule has 0 radical (unpaired) electrons. The SMILES string of the molecule is CCc1ocnc1C(=O)NC(C)(C(=O)O)c1ccc(F)cc1. The number of nitrogens with one attached hydrogen (secondary N) is 1. The number of halogens is 1. The average Bonchev–Trinajstić information content (AvgIpc) is 2.96. The van der Waals surface area contributed by atoms with Crippen LogP contribution in [0.2, 0.25) is 0 Å². The predicted octanol–water partition coefficient (Wildman–Crippen LogP) is 2.11. The molecule has 1 aromatic carbocycles. The molecule has 7 heteroatoms. The van der Waals surface area contributed by atoms with Crippen molar-refractivity contribution >= 4 is 11.9 Å². The summed E-state index contributed by atoms with van der Waals surface area (Å²) >= 11 is 0. The van der Waals surface area contributed by atoms with Crippen molar-refractivity contribution in [2.75, 3.05) is 0 Å². The Morgan fingerprint density at radius 3 is 2.55 bits per heavy atom. The maximum atomic E-state index is 13.0. The topological polar surface area (TPSA) is 92.4 Å². The molecule has 0 aliphatic rings. The molecule has 6 nitrogen and oxygen atoms in total. The molecule has 0 aliphatic carbocycles. The van der Waals surface area contributed by atoms with E-state index in [1.807, 2.05) is 0 Å². The number of aliphatic carboxylic acids is 1. The van der Waals surface area contributed by atoms with Crippen LogP contribution < -0.4 is 5.32 Å². The number of carboxylic acids is 1. The molecule has 116 valence electrons. The minimum absolute atomic E-state index is 0.0390. The number of benzene rings is 1. The van der Waals surface area contributed by atoms with Crippen LogP contribution in [0, 0.1) is 5.82 Å². The van der Waals surface area contributed by atoms with Crippen LogP contribution in [0.4, 0.5) is 4.39 Å². The fourth-order valence-corrected chi connectivity index (χ4v) is 2.03. The third-order valence-corrected chi connectivity index (χ3v) is 3.39. The molecule has 2 aromatic rings. The van der Waals surface area contributed by atoms with Gasteiger partial charge >= 0.3 is 5.97 Å². The third kappa shape index (κ3) is 2.83. The first kappa shape index (κ1) is 15.7. The molecule has 0 saturated heterocycles. The van der Waals surface area contributed by atoms with Crippen molar-refractivity contribution in [2.24, 2.45) is 0 Å². The highest BCUT2D eigenvalue weighted by Crippen LogP contribution is 2.22. The Morgan fingerprint density at radius 1 is 1.36 bits per heavy atom. The van der Waals surface area contributed by atoms with Crippen LogP contribution in [0.15, 0.2) is 35.1 Å². The first-order chi connectivity index (χ1) is 10.4. The number of aromatic nitrogens is 1. The lowest BCUT2D eigenvalue weighted by molar-refractivity contribution is -0.144. The zero-order chi connectivity index (χ0) is 16.3. The van der Waals surface area contributed by atoms with Crippen molar-refractivity contribution in [1.82, 2.24) is 10.3 Å². The fraction of sp³-hybridized carbons (Fsp3) is 0.267. The molecule has 0 spiro atoms. The summed E-state index contributed by atoms with van der Waals surface area (Å²) in [6.07, 6.45) is 1.58. The summed E-state index contributed by atoms with van der Waals surface area (Å²) < 4.78 is 18.1. The van der Waals surface area contributed by atoms with Gasteiger partial charge in [0.25, 0.3) is 5.91 Å². The molecule has 0 aliphatic heterocycles. The van der Waals surface area contributed by atoms with E-state index in [0.29, 0.717) is 12.2 Å². The quantitative estimate of drug-likeness (QED) is 0.882. The monoisotopic (exact) mass is 306 g/mol. The normalized spacial score (nSPS) is 13.4. The van der Waals surface area contributed by atoms with E-state index in [1.165, 1.54) is 19.1 Å². The van der Waals surface area contributed by atoms with E-state index < -0.39 is 23.2 Å². The number of carbonyl (C=O) groups is 2. The van der Waals surface area contributed by atoms with Crippen LogP contribution in [0.25, 0.3) is 0 Å². The van der Waals surface area contributed by atoms with Crippen LogP contribution in [-0.2, 0) is 16.8 Å². The maximum absolute atomic E-state index is 13.0. The van der Waals surface area contributed by atoms with Crippen molar-refractivity contribution in [3.63, 3.8) is 0 Å². The fourth-order valence-electron chi connectivity index (χ4n) is 2.03. The van der Waals surface area contributed by atoms with Crippen LogP contribution in [-0.4, -0.2) is 22.0 Å². The predicted molar refractivity (Wildman–Crippen MR) is 74.7 cm³/mol. The van der Waals surface area contributed by atoms with Crippen molar-refractivity contribution in [3.05, 3.63) is 53.5 Å². The molecule has 0 bridgehead atoms. The Labute approximate surface area is 126 Å². The van der Waals surface area contributed by atoms with Gasteiger partial charge in [-0.2, -0.15) is 0 Å². The minimum Gasteiger partial charge on any atom is -0.479 e. The lowest BCUT2D eigenvalue weighted by Crippen LogP contribution is -2.49. The number of hydrogen-bond donors (Lipinski definition) is 2. The first-order valence-electron chi connectivity index (χ1n) is 6.62. The summed E-state index contributed by atoms with van der Waals surface area (Å²) in [4.78, 5) is 27.7. The number of carboxylic acid groups (broad SMARTS) is 1. The van der Waals surface area contributed by atoms with Crippen molar-refractivity contribution in [1.29, 1.82) is 0 Å². The number of amides is 1. The Balaban J connectivity index is 2.34. The second-order valence-electron chi connectivity index (χ2n) is 4.87. The van der Waals surface area contributed by atoms with Gasteiger partial charge in [-0.15, -0.1) is 0 Å². The second-order valence-corrected chi connectivity index (χ2v) is 4.87. The van der Waals surface area contributed by atoms with Crippen LogP contribution in [0.3, 0.4) is 0 Å². The molecular formula is C15H15FN2O4. The number of nitrogens with zero attached hydrogens (tertiary/aromatic N) is 1. The van der Waals surface area contributed by atoms with Gasteiger partial charge in [0.2, 0.25) is 0 Å². The molecule has 2 N–H and O–H groups in total. The standard InChI is InChI=1S/C15H15FN2O4/c1-3-11-12(17-8-22-11)13(19)18-15(2,14(20)21)9-4-6-10(16)7-5-9/h4-8H,3H2,1-2H3,(H,18,19)(H,20,21). The van der Waals surface area contributed by atoms with E-state index in [2.05, 4.69) is 10.3 Å². The number of rotatable bonds is 5. The van der Waals surface area contributed by atoms with Gasteiger partial charge in [0.1, 0.15) is 11.6 Å². The Hall–Kier alpha value is -2.70. The number of hydrogen-bond acceptors (Lipinski definition) is 4. The molecule has 0 saturated carbocycles. The number of oxazole rings is 1. The van der Waals surface area contributed by atoms with E-state index >= 15 is 0 Å². The smallest absolute Gasteiger partial charge is 0.333 e. The Kier molecular flexibility index (Phi) is 4.25. The van der Waals surface area contributed by atoms with Gasteiger partial charge in [-0.05, 0) is 24.6 Å². The zero-order valence-electron chi connectivity index (χ0n) is 12.1. The van der Waals surface area contributed by atoms with E-state index in [4.69, 9.17) is 4.42 Å². The first-order valence-corrected chi connectivity index (χ1v) is 6.62. The van der Waals surface area contributed by atoms with E-state index in [1.54, 1.807) is 6.92 Å². The molecule has 1 unspecified atom stereocenters. The summed E-state index contributed by atoms with van der Waals surface area (Å²) in [5, 5.41) is 11.9. The molecule has 1 atom stereocenters. The van der Waals surface area contributed by atoms with Gasteiger partial charge in [-0.3, -0.25) is 4.79 Å². The number of carbonyl (C=O) groups excluding carboxylic acids is 1.